The van der Waals surface area contributed by atoms with E-state index in [1.165, 1.54) is 6.21 Å². The van der Waals surface area contributed by atoms with Crippen molar-refractivity contribution < 1.29 is 23.9 Å². The van der Waals surface area contributed by atoms with Gasteiger partial charge in [-0.1, -0.05) is 39.7 Å². The lowest BCUT2D eigenvalue weighted by atomic mass is 10.1. The quantitative estimate of drug-likeness (QED) is 0.100. The second-order valence-electron chi connectivity index (χ2n) is 8.64. The molecule has 0 aliphatic carbocycles. The summed E-state index contributed by atoms with van der Waals surface area (Å²) >= 11 is 3.34. The van der Waals surface area contributed by atoms with E-state index >= 15 is 0 Å². The zero-order valence-electron chi connectivity index (χ0n) is 21.8. The van der Waals surface area contributed by atoms with Crippen molar-refractivity contribution in [2.45, 2.75) is 13.8 Å². The van der Waals surface area contributed by atoms with Crippen molar-refractivity contribution in [3.05, 3.63) is 123 Å². The Bertz CT molecular complexity index is 1550. The van der Waals surface area contributed by atoms with Crippen LogP contribution in [0.1, 0.15) is 49.1 Å². The molecule has 9 heteroatoms. The molecule has 4 rings (SSSR count). The maximum Gasteiger partial charge on any atom is 0.343 e. The Morgan fingerprint density at radius 1 is 0.825 bits per heavy atom. The Morgan fingerprint density at radius 3 is 2.27 bits per heavy atom. The van der Waals surface area contributed by atoms with Crippen LogP contribution in [0.4, 0.5) is 5.69 Å². The number of hydrazone groups is 1. The molecule has 0 unspecified atom stereocenters. The minimum atomic E-state index is -0.495. The number of hydrogen-bond donors (Lipinski definition) is 2. The minimum absolute atomic E-state index is 0.274. The number of carbonyl (C=O) groups excluding carboxylic acids is 3. The molecule has 40 heavy (non-hydrogen) atoms. The fraction of sp³-hybridized carbons (Fsp3) is 0.0968. The average Bonchev–Trinajstić information content (AvgIpc) is 2.95. The van der Waals surface area contributed by atoms with Crippen LogP contribution in [0.25, 0.3) is 0 Å². The normalized spacial score (nSPS) is 10.7. The highest BCUT2D eigenvalue weighted by Gasteiger charge is 2.14. The number of hydrogen-bond acceptors (Lipinski definition) is 6. The van der Waals surface area contributed by atoms with Crippen LogP contribution in [0.2, 0.25) is 0 Å². The zero-order valence-corrected chi connectivity index (χ0v) is 23.4. The van der Waals surface area contributed by atoms with Gasteiger partial charge in [-0.15, -0.1) is 0 Å². The van der Waals surface area contributed by atoms with Gasteiger partial charge in [0, 0.05) is 21.3 Å². The fourth-order valence-corrected chi connectivity index (χ4v) is 3.84. The molecule has 4 aromatic rings. The van der Waals surface area contributed by atoms with E-state index in [2.05, 4.69) is 31.8 Å². The molecule has 0 bridgehead atoms. The van der Waals surface area contributed by atoms with Gasteiger partial charge in [0.15, 0.2) is 11.5 Å². The number of carbonyl (C=O) groups is 3. The Balaban J connectivity index is 1.39. The molecule has 2 N–H and O–H groups in total. The van der Waals surface area contributed by atoms with Crippen LogP contribution in [-0.4, -0.2) is 30.6 Å². The number of aryl methyl sites for hydroxylation is 1. The predicted molar refractivity (Wildman–Crippen MR) is 157 cm³/mol. The summed E-state index contributed by atoms with van der Waals surface area (Å²) in [5.41, 5.74) is 5.85. The Labute approximate surface area is 240 Å². The standard InChI is InChI=1S/C31H26BrN3O5/c1-3-39-28-17-21(9-16-27(28)40-31(38)23-10-7-20(2)8-11-23)19-33-35-30(37)24-5-4-6-26(18-24)34-29(36)22-12-14-25(32)15-13-22/h4-19H,3H2,1-2H3,(H,34,36)(H,35,37). The number of benzene rings is 4. The maximum atomic E-state index is 12.7. The van der Waals surface area contributed by atoms with Crippen molar-refractivity contribution in [1.82, 2.24) is 5.43 Å². The lowest BCUT2D eigenvalue weighted by Crippen LogP contribution is -2.18. The molecule has 0 aliphatic heterocycles. The number of rotatable bonds is 9. The largest absolute Gasteiger partial charge is 0.490 e. The van der Waals surface area contributed by atoms with Crippen molar-refractivity contribution in [1.29, 1.82) is 0 Å². The molecule has 0 spiro atoms. The van der Waals surface area contributed by atoms with Crippen LogP contribution in [0.15, 0.2) is 101 Å². The summed E-state index contributed by atoms with van der Waals surface area (Å²) in [6.07, 6.45) is 1.45. The van der Waals surface area contributed by atoms with Crippen molar-refractivity contribution in [2.24, 2.45) is 5.10 Å². The van der Waals surface area contributed by atoms with Crippen molar-refractivity contribution >= 4 is 45.6 Å². The molecule has 0 saturated heterocycles. The van der Waals surface area contributed by atoms with Gasteiger partial charge in [0.05, 0.1) is 18.4 Å². The summed E-state index contributed by atoms with van der Waals surface area (Å²) in [6.45, 7) is 4.12. The first-order valence-electron chi connectivity index (χ1n) is 12.4. The first kappa shape index (κ1) is 28.3. The number of ether oxygens (including phenoxy) is 2. The number of nitrogens with zero attached hydrogens (tertiary/aromatic N) is 1. The molecule has 0 radical (unpaired) electrons. The number of halogens is 1. The van der Waals surface area contributed by atoms with Gasteiger partial charge in [-0.3, -0.25) is 9.59 Å². The van der Waals surface area contributed by atoms with E-state index in [9.17, 15) is 14.4 Å². The van der Waals surface area contributed by atoms with Crippen LogP contribution >= 0.6 is 15.9 Å². The predicted octanol–water partition coefficient (Wildman–Crippen LogP) is 6.39. The third-order valence-electron chi connectivity index (χ3n) is 5.63. The van der Waals surface area contributed by atoms with E-state index in [-0.39, 0.29) is 11.7 Å². The van der Waals surface area contributed by atoms with E-state index in [1.807, 2.05) is 26.0 Å². The zero-order chi connectivity index (χ0) is 28.5. The van der Waals surface area contributed by atoms with E-state index in [0.717, 1.165) is 10.0 Å². The fourth-order valence-electron chi connectivity index (χ4n) is 3.58. The summed E-state index contributed by atoms with van der Waals surface area (Å²) in [6, 6.07) is 25.5. The number of esters is 1. The van der Waals surface area contributed by atoms with E-state index < -0.39 is 11.9 Å². The molecule has 202 valence electrons. The van der Waals surface area contributed by atoms with Gasteiger partial charge in [-0.2, -0.15) is 5.10 Å². The second-order valence-corrected chi connectivity index (χ2v) is 9.55. The van der Waals surface area contributed by atoms with Gasteiger partial charge in [-0.25, -0.2) is 10.2 Å². The average molecular weight is 600 g/mol. The molecule has 2 amide bonds. The highest BCUT2D eigenvalue weighted by atomic mass is 79.9. The monoisotopic (exact) mass is 599 g/mol. The van der Waals surface area contributed by atoms with Gasteiger partial charge in [0.25, 0.3) is 11.8 Å². The summed E-state index contributed by atoms with van der Waals surface area (Å²) in [5, 5.41) is 6.81. The molecule has 0 atom stereocenters. The topological polar surface area (TPSA) is 106 Å². The van der Waals surface area contributed by atoms with E-state index in [0.29, 0.717) is 40.3 Å². The second kappa shape index (κ2) is 13.3. The lowest BCUT2D eigenvalue weighted by Gasteiger charge is -2.11. The molecule has 0 fully saturated rings. The van der Waals surface area contributed by atoms with Crippen LogP contribution < -0.4 is 20.2 Å². The molecular formula is C31H26BrN3O5. The summed E-state index contributed by atoms with van der Waals surface area (Å²) < 4.78 is 12.1. The molecular weight excluding hydrogens is 574 g/mol. The van der Waals surface area contributed by atoms with Gasteiger partial charge >= 0.3 is 5.97 Å². The van der Waals surface area contributed by atoms with E-state index in [1.54, 1.807) is 78.9 Å². The highest BCUT2D eigenvalue weighted by Crippen LogP contribution is 2.29. The molecule has 0 aromatic heterocycles. The van der Waals surface area contributed by atoms with Gasteiger partial charge < -0.3 is 14.8 Å². The maximum absolute atomic E-state index is 12.7. The van der Waals surface area contributed by atoms with Crippen LogP contribution in [0.5, 0.6) is 11.5 Å². The first-order valence-corrected chi connectivity index (χ1v) is 13.2. The summed E-state index contributed by atoms with van der Waals surface area (Å²) in [4.78, 5) is 37.7. The van der Waals surface area contributed by atoms with Crippen molar-refractivity contribution in [2.75, 3.05) is 11.9 Å². The number of nitrogens with one attached hydrogen (secondary N) is 2. The lowest BCUT2D eigenvalue weighted by molar-refractivity contribution is 0.0728. The van der Waals surface area contributed by atoms with Crippen LogP contribution in [0, 0.1) is 6.92 Å². The van der Waals surface area contributed by atoms with Crippen LogP contribution in [0.3, 0.4) is 0 Å². The Morgan fingerprint density at radius 2 is 1.55 bits per heavy atom. The summed E-state index contributed by atoms with van der Waals surface area (Å²) in [7, 11) is 0. The van der Waals surface area contributed by atoms with Crippen molar-refractivity contribution in [3.8, 4) is 11.5 Å². The third-order valence-corrected chi connectivity index (χ3v) is 6.15. The minimum Gasteiger partial charge on any atom is -0.490 e. The van der Waals surface area contributed by atoms with Gasteiger partial charge in [0.1, 0.15) is 0 Å². The van der Waals surface area contributed by atoms with Gasteiger partial charge in [0.2, 0.25) is 0 Å². The van der Waals surface area contributed by atoms with Crippen LogP contribution in [-0.2, 0) is 0 Å². The highest BCUT2D eigenvalue weighted by molar-refractivity contribution is 9.10. The van der Waals surface area contributed by atoms with Gasteiger partial charge in [-0.05, 0) is 92.2 Å². The van der Waals surface area contributed by atoms with E-state index in [4.69, 9.17) is 9.47 Å². The first-order chi connectivity index (χ1) is 19.3. The molecule has 0 aliphatic rings. The molecule has 4 aromatic carbocycles. The third kappa shape index (κ3) is 7.64. The number of amides is 2. The summed E-state index contributed by atoms with van der Waals surface area (Å²) in [5.74, 6) is -0.598. The molecule has 8 nitrogen and oxygen atoms in total. The Hall–Kier alpha value is -4.76. The molecule has 0 heterocycles. The number of anilines is 1. The van der Waals surface area contributed by atoms with Crippen molar-refractivity contribution in [3.63, 3.8) is 0 Å². The SMILES string of the molecule is CCOc1cc(C=NNC(=O)c2cccc(NC(=O)c3ccc(Br)cc3)c2)ccc1OC(=O)c1ccc(C)cc1. The Kier molecular flexibility index (Phi) is 9.43. The smallest absolute Gasteiger partial charge is 0.343 e. The molecule has 0 saturated carbocycles.